The number of carbonyl (C=O) groups excluding carboxylic acids is 1. The molecule has 0 aliphatic carbocycles. The fraction of sp³-hybridized carbons (Fsp3) is 0.316. The van der Waals surface area contributed by atoms with Crippen molar-refractivity contribution >= 4 is 17.3 Å². The molecule has 6 heteroatoms. The van der Waals surface area contributed by atoms with Gasteiger partial charge in [-0.05, 0) is 31.2 Å². The number of nitrogens with zero attached hydrogens (tertiary/aromatic N) is 1. The SMILES string of the molecule is CCN(C)c1ccccc1NC(=O)c1cc(OC)c(OC)c(OC)c1. The molecule has 0 saturated heterocycles. The summed E-state index contributed by atoms with van der Waals surface area (Å²) in [6.45, 7) is 2.88. The molecule has 1 N–H and O–H groups in total. The summed E-state index contributed by atoms with van der Waals surface area (Å²) in [5.41, 5.74) is 2.11. The normalized spacial score (nSPS) is 10.1. The van der Waals surface area contributed by atoms with Gasteiger partial charge in [-0.1, -0.05) is 12.1 Å². The van der Waals surface area contributed by atoms with Gasteiger partial charge in [0.25, 0.3) is 5.91 Å². The number of ether oxygens (including phenoxy) is 3. The molecule has 2 aromatic rings. The van der Waals surface area contributed by atoms with E-state index in [1.807, 2.05) is 31.3 Å². The minimum atomic E-state index is -0.254. The van der Waals surface area contributed by atoms with Gasteiger partial charge in [-0.2, -0.15) is 0 Å². The zero-order valence-corrected chi connectivity index (χ0v) is 15.3. The van der Waals surface area contributed by atoms with Gasteiger partial charge in [0.15, 0.2) is 11.5 Å². The Hall–Kier alpha value is -2.89. The van der Waals surface area contributed by atoms with Crippen molar-refractivity contribution in [3.8, 4) is 17.2 Å². The van der Waals surface area contributed by atoms with Crippen LogP contribution in [0.4, 0.5) is 11.4 Å². The molecular formula is C19H24N2O4. The lowest BCUT2D eigenvalue weighted by Crippen LogP contribution is -2.20. The number of hydrogen-bond donors (Lipinski definition) is 1. The van der Waals surface area contributed by atoms with E-state index in [0.717, 1.165) is 17.9 Å². The smallest absolute Gasteiger partial charge is 0.255 e. The van der Waals surface area contributed by atoms with Gasteiger partial charge in [0.2, 0.25) is 5.75 Å². The van der Waals surface area contributed by atoms with Crippen LogP contribution in [0.3, 0.4) is 0 Å². The quantitative estimate of drug-likeness (QED) is 0.834. The maximum atomic E-state index is 12.7. The van der Waals surface area contributed by atoms with Gasteiger partial charge in [0.05, 0.1) is 32.7 Å². The van der Waals surface area contributed by atoms with E-state index in [4.69, 9.17) is 14.2 Å². The molecule has 134 valence electrons. The molecule has 0 saturated carbocycles. The molecule has 0 aliphatic rings. The highest BCUT2D eigenvalue weighted by Gasteiger charge is 2.18. The summed E-state index contributed by atoms with van der Waals surface area (Å²) in [6, 6.07) is 10.9. The Morgan fingerprint density at radius 3 is 2.16 bits per heavy atom. The topological polar surface area (TPSA) is 60.0 Å². The van der Waals surface area contributed by atoms with Crippen molar-refractivity contribution in [3.63, 3.8) is 0 Å². The van der Waals surface area contributed by atoms with Gasteiger partial charge in [-0.25, -0.2) is 0 Å². The molecule has 0 spiro atoms. The van der Waals surface area contributed by atoms with E-state index in [1.54, 1.807) is 12.1 Å². The summed E-state index contributed by atoms with van der Waals surface area (Å²) < 4.78 is 15.9. The number of amides is 1. The zero-order chi connectivity index (χ0) is 18.4. The van der Waals surface area contributed by atoms with Crippen molar-refractivity contribution < 1.29 is 19.0 Å². The van der Waals surface area contributed by atoms with Crippen molar-refractivity contribution in [2.75, 3.05) is 45.1 Å². The largest absolute Gasteiger partial charge is 0.493 e. The Morgan fingerprint density at radius 1 is 1.04 bits per heavy atom. The highest BCUT2D eigenvalue weighted by molar-refractivity contribution is 6.06. The van der Waals surface area contributed by atoms with Crippen LogP contribution in [-0.4, -0.2) is 40.8 Å². The van der Waals surface area contributed by atoms with Gasteiger partial charge in [-0.15, -0.1) is 0 Å². The summed E-state index contributed by atoms with van der Waals surface area (Å²) in [5, 5.41) is 2.95. The first-order valence-electron chi connectivity index (χ1n) is 7.97. The molecule has 2 aromatic carbocycles. The molecule has 1 amide bonds. The molecule has 0 bridgehead atoms. The van der Waals surface area contributed by atoms with Crippen LogP contribution in [0.15, 0.2) is 36.4 Å². The molecule has 2 rings (SSSR count). The lowest BCUT2D eigenvalue weighted by Gasteiger charge is -2.21. The summed E-state index contributed by atoms with van der Waals surface area (Å²) in [4.78, 5) is 14.8. The third-order valence-electron chi connectivity index (χ3n) is 3.96. The average molecular weight is 344 g/mol. The molecule has 0 atom stereocenters. The van der Waals surface area contributed by atoms with Crippen LogP contribution in [0.5, 0.6) is 17.2 Å². The fourth-order valence-corrected chi connectivity index (χ4v) is 2.49. The van der Waals surface area contributed by atoms with Crippen LogP contribution in [0.1, 0.15) is 17.3 Å². The van der Waals surface area contributed by atoms with Gasteiger partial charge in [-0.3, -0.25) is 4.79 Å². The second kappa shape index (κ2) is 8.28. The molecule has 25 heavy (non-hydrogen) atoms. The van der Waals surface area contributed by atoms with Gasteiger partial charge in [0, 0.05) is 19.2 Å². The Kier molecular flexibility index (Phi) is 6.11. The van der Waals surface area contributed by atoms with Crippen LogP contribution in [-0.2, 0) is 0 Å². The number of benzene rings is 2. The van der Waals surface area contributed by atoms with Crippen LogP contribution in [0.25, 0.3) is 0 Å². The Balaban J connectivity index is 2.36. The minimum absolute atomic E-state index is 0.254. The maximum absolute atomic E-state index is 12.7. The number of carbonyl (C=O) groups is 1. The van der Waals surface area contributed by atoms with E-state index in [0.29, 0.717) is 22.8 Å². The van der Waals surface area contributed by atoms with Gasteiger partial charge < -0.3 is 24.4 Å². The Bertz CT molecular complexity index is 721. The average Bonchev–Trinajstić information content (AvgIpc) is 2.66. The third kappa shape index (κ3) is 3.96. The van der Waals surface area contributed by atoms with Crippen molar-refractivity contribution in [2.45, 2.75) is 6.92 Å². The molecule has 0 aliphatic heterocycles. The summed E-state index contributed by atoms with van der Waals surface area (Å²) in [6.07, 6.45) is 0. The Labute approximate surface area is 148 Å². The fourth-order valence-electron chi connectivity index (χ4n) is 2.49. The van der Waals surface area contributed by atoms with E-state index in [2.05, 4.69) is 17.1 Å². The lowest BCUT2D eigenvalue weighted by atomic mass is 10.1. The maximum Gasteiger partial charge on any atom is 0.255 e. The molecule has 0 aromatic heterocycles. The number of hydrogen-bond acceptors (Lipinski definition) is 5. The predicted octanol–water partition coefficient (Wildman–Crippen LogP) is 3.42. The monoisotopic (exact) mass is 344 g/mol. The number of rotatable bonds is 7. The number of para-hydroxylation sites is 2. The first kappa shape index (κ1) is 18.4. The molecule has 0 unspecified atom stereocenters. The van der Waals surface area contributed by atoms with Gasteiger partial charge in [0.1, 0.15) is 0 Å². The molecule has 6 nitrogen and oxygen atoms in total. The predicted molar refractivity (Wildman–Crippen MR) is 99.4 cm³/mol. The third-order valence-corrected chi connectivity index (χ3v) is 3.96. The Morgan fingerprint density at radius 2 is 1.64 bits per heavy atom. The molecule has 0 heterocycles. The summed E-state index contributed by atoms with van der Waals surface area (Å²) in [5.74, 6) is 1.07. The van der Waals surface area contributed by atoms with Crippen LogP contribution in [0.2, 0.25) is 0 Å². The van der Waals surface area contributed by atoms with Crippen molar-refractivity contribution in [1.82, 2.24) is 0 Å². The van der Waals surface area contributed by atoms with E-state index >= 15 is 0 Å². The number of methoxy groups -OCH3 is 3. The van der Waals surface area contributed by atoms with Crippen molar-refractivity contribution in [2.24, 2.45) is 0 Å². The van der Waals surface area contributed by atoms with Crippen LogP contribution in [0, 0.1) is 0 Å². The van der Waals surface area contributed by atoms with E-state index in [1.165, 1.54) is 21.3 Å². The minimum Gasteiger partial charge on any atom is -0.493 e. The lowest BCUT2D eigenvalue weighted by molar-refractivity contribution is 0.102. The molecular weight excluding hydrogens is 320 g/mol. The van der Waals surface area contributed by atoms with E-state index < -0.39 is 0 Å². The number of anilines is 2. The van der Waals surface area contributed by atoms with E-state index in [-0.39, 0.29) is 5.91 Å². The molecule has 0 fully saturated rings. The zero-order valence-electron chi connectivity index (χ0n) is 15.3. The molecule has 0 radical (unpaired) electrons. The van der Waals surface area contributed by atoms with Crippen molar-refractivity contribution in [1.29, 1.82) is 0 Å². The first-order valence-corrected chi connectivity index (χ1v) is 7.97. The standard InChI is InChI=1S/C19H24N2O4/c1-6-21(2)15-10-8-7-9-14(15)20-19(22)13-11-16(23-3)18(25-5)17(12-13)24-4/h7-12H,6H2,1-5H3,(H,20,22). The summed E-state index contributed by atoms with van der Waals surface area (Å²) in [7, 11) is 6.54. The first-order chi connectivity index (χ1) is 12.0. The summed E-state index contributed by atoms with van der Waals surface area (Å²) >= 11 is 0. The van der Waals surface area contributed by atoms with Crippen LogP contribution < -0.4 is 24.4 Å². The van der Waals surface area contributed by atoms with E-state index in [9.17, 15) is 4.79 Å². The second-order valence-corrected chi connectivity index (χ2v) is 5.40. The second-order valence-electron chi connectivity index (χ2n) is 5.40. The number of nitrogens with one attached hydrogen (secondary N) is 1. The highest BCUT2D eigenvalue weighted by atomic mass is 16.5. The van der Waals surface area contributed by atoms with Gasteiger partial charge >= 0.3 is 0 Å². The van der Waals surface area contributed by atoms with Crippen molar-refractivity contribution in [3.05, 3.63) is 42.0 Å². The van der Waals surface area contributed by atoms with Crippen LogP contribution >= 0.6 is 0 Å². The highest BCUT2D eigenvalue weighted by Crippen LogP contribution is 2.38.